The van der Waals surface area contributed by atoms with E-state index in [1.165, 1.54) is 0 Å². The Morgan fingerprint density at radius 1 is 1.40 bits per heavy atom. The topological polar surface area (TPSA) is 33.4 Å². The van der Waals surface area contributed by atoms with Crippen molar-refractivity contribution in [2.24, 2.45) is 0 Å². The standard InChI is InChI=1S/C10H11ClN4/c11-8-2-5-14(7-8)9-3-6-15-10(13-9)1-4-12-15/h1,3-4,6,8H,2,5,7H2. The zero-order valence-corrected chi connectivity index (χ0v) is 8.93. The molecule has 0 amide bonds. The Morgan fingerprint density at radius 2 is 2.33 bits per heavy atom. The van der Waals surface area contributed by atoms with Gasteiger partial charge in [0.05, 0.1) is 11.6 Å². The van der Waals surface area contributed by atoms with Gasteiger partial charge in [0.1, 0.15) is 5.82 Å². The quantitative estimate of drug-likeness (QED) is 0.687. The zero-order chi connectivity index (χ0) is 10.3. The molecule has 1 aliphatic rings. The first-order valence-corrected chi connectivity index (χ1v) is 5.46. The highest BCUT2D eigenvalue weighted by Gasteiger charge is 2.21. The molecular weight excluding hydrogens is 212 g/mol. The molecular formula is C10H11ClN4. The first-order valence-electron chi connectivity index (χ1n) is 5.02. The number of hydrogen-bond acceptors (Lipinski definition) is 3. The van der Waals surface area contributed by atoms with Gasteiger partial charge in [0, 0.05) is 25.4 Å². The van der Waals surface area contributed by atoms with Crippen LogP contribution in [-0.4, -0.2) is 33.1 Å². The van der Waals surface area contributed by atoms with Crippen LogP contribution in [0, 0.1) is 0 Å². The molecule has 1 atom stereocenters. The molecule has 0 saturated carbocycles. The highest BCUT2D eigenvalue weighted by Crippen LogP contribution is 2.21. The van der Waals surface area contributed by atoms with E-state index < -0.39 is 0 Å². The molecule has 4 nitrogen and oxygen atoms in total. The molecule has 0 aromatic carbocycles. The summed E-state index contributed by atoms with van der Waals surface area (Å²) in [7, 11) is 0. The summed E-state index contributed by atoms with van der Waals surface area (Å²) < 4.78 is 1.76. The van der Waals surface area contributed by atoms with Crippen LogP contribution in [0.25, 0.3) is 5.65 Å². The molecule has 0 aliphatic carbocycles. The molecule has 1 saturated heterocycles. The molecule has 0 N–H and O–H groups in total. The number of anilines is 1. The monoisotopic (exact) mass is 222 g/mol. The number of halogens is 1. The fourth-order valence-corrected chi connectivity index (χ4v) is 2.17. The van der Waals surface area contributed by atoms with Crippen molar-refractivity contribution < 1.29 is 0 Å². The van der Waals surface area contributed by atoms with E-state index in [4.69, 9.17) is 11.6 Å². The Hall–Kier alpha value is -1.29. The highest BCUT2D eigenvalue weighted by molar-refractivity contribution is 6.21. The van der Waals surface area contributed by atoms with Crippen molar-refractivity contribution in [2.75, 3.05) is 18.0 Å². The van der Waals surface area contributed by atoms with Gasteiger partial charge in [-0.25, -0.2) is 9.50 Å². The zero-order valence-electron chi connectivity index (χ0n) is 8.17. The van der Waals surface area contributed by atoms with Gasteiger partial charge < -0.3 is 4.90 Å². The van der Waals surface area contributed by atoms with Crippen molar-refractivity contribution >= 4 is 23.1 Å². The summed E-state index contributed by atoms with van der Waals surface area (Å²) >= 11 is 6.07. The minimum atomic E-state index is 0.257. The molecule has 0 bridgehead atoms. The van der Waals surface area contributed by atoms with Crippen LogP contribution in [0.3, 0.4) is 0 Å². The predicted molar refractivity (Wildman–Crippen MR) is 59.5 cm³/mol. The van der Waals surface area contributed by atoms with E-state index >= 15 is 0 Å². The molecule has 0 radical (unpaired) electrons. The van der Waals surface area contributed by atoms with E-state index in [-0.39, 0.29) is 5.38 Å². The predicted octanol–water partition coefficient (Wildman–Crippen LogP) is 1.55. The third kappa shape index (κ3) is 1.55. The largest absolute Gasteiger partial charge is 0.355 e. The summed E-state index contributed by atoms with van der Waals surface area (Å²) in [5.41, 5.74) is 0.880. The van der Waals surface area contributed by atoms with Gasteiger partial charge in [0.15, 0.2) is 5.65 Å². The number of rotatable bonds is 1. The van der Waals surface area contributed by atoms with Crippen LogP contribution in [0.2, 0.25) is 0 Å². The Balaban J connectivity index is 1.97. The van der Waals surface area contributed by atoms with Gasteiger partial charge in [-0.1, -0.05) is 0 Å². The van der Waals surface area contributed by atoms with Crippen molar-refractivity contribution in [2.45, 2.75) is 11.8 Å². The normalized spacial score (nSPS) is 21.4. The molecule has 3 heterocycles. The SMILES string of the molecule is ClC1CCN(c2ccn3nccc3n2)C1. The summed E-state index contributed by atoms with van der Waals surface area (Å²) in [5, 5.41) is 4.37. The van der Waals surface area contributed by atoms with Crippen LogP contribution < -0.4 is 4.90 Å². The van der Waals surface area contributed by atoms with Gasteiger partial charge in [-0.15, -0.1) is 11.6 Å². The van der Waals surface area contributed by atoms with Gasteiger partial charge in [-0.05, 0) is 12.5 Å². The average molecular weight is 223 g/mol. The lowest BCUT2D eigenvalue weighted by atomic mass is 10.4. The second kappa shape index (κ2) is 3.38. The summed E-state index contributed by atoms with van der Waals surface area (Å²) in [6.45, 7) is 1.88. The Labute approximate surface area is 92.5 Å². The van der Waals surface area contributed by atoms with Crippen molar-refractivity contribution in [1.82, 2.24) is 14.6 Å². The van der Waals surface area contributed by atoms with Crippen LogP contribution in [-0.2, 0) is 0 Å². The average Bonchev–Trinajstić information content (AvgIpc) is 2.84. The van der Waals surface area contributed by atoms with Gasteiger partial charge in [0.2, 0.25) is 0 Å². The first kappa shape index (κ1) is 8.97. The molecule has 2 aromatic heterocycles. The Morgan fingerprint density at radius 3 is 3.13 bits per heavy atom. The molecule has 78 valence electrons. The molecule has 0 spiro atoms. The Bertz CT molecular complexity index is 481. The number of aromatic nitrogens is 3. The van der Waals surface area contributed by atoms with Gasteiger partial charge in [0.25, 0.3) is 0 Å². The van der Waals surface area contributed by atoms with E-state index in [0.29, 0.717) is 0 Å². The second-order valence-electron chi connectivity index (χ2n) is 3.75. The number of fused-ring (bicyclic) bond motifs is 1. The maximum absolute atomic E-state index is 6.07. The maximum atomic E-state index is 6.07. The molecule has 1 unspecified atom stereocenters. The number of hydrogen-bond donors (Lipinski definition) is 0. The molecule has 2 aromatic rings. The van der Waals surface area contributed by atoms with Gasteiger partial charge in [-0.2, -0.15) is 5.10 Å². The lowest BCUT2D eigenvalue weighted by Gasteiger charge is -2.16. The van der Waals surface area contributed by atoms with Crippen LogP contribution in [0.5, 0.6) is 0 Å². The van der Waals surface area contributed by atoms with E-state index in [2.05, 4.69) is 15.0 Å². The molecule has 5 heteroatoms. The van der Waals surface area contributed by atoms with Crippen LogP contribution in [0.4, 0.5) is 5.82 Å². The lowest BCUT2D eigenvalue weighted by molar-refractivity contribution is 0.899. The van der Waals surface area contributed by atoms with Crippen LogP contribution >= 0.6 is 11.6 Å². The van der Waals surface area contributed by atoms with E-state index in [1.54, 1.807) is 10.7 Å². The van der Waals surface area contributed by atoms with Gasteiger partial charge >= 0.3 is 0 Å². The van der Waals surface area contributed by atoms with E-state index in [0.717, 1.165) is 31.0 Å². The van der Waals surface area contributed by atoms with Crippen molar-refractivity contribution in [3.63, 3.8) is 0 Å². The minimum Gasteiger partial charge on any atom is -0.355 e. The van der Waals surface area contributed by atoms with Crippen molar-refractivity contribution in [3.05, 3.63) is 24.5 Å². The highest BCUT2D eigenvalue weighted by atomic mass is 35.5. The molecule has 1 fully saturated rings. The first-order chi connectivity index (χ1) is 7.33. The smallest absolute Gasteiger partial charge is 0.157 e. The fraction of sp³-hybridized carbons (Fsp3) is 0.400. The van der Waals surface area contributed by atoms with E-state index in [1.807, 2.05) is 18.3 Å². The molecule has 1 aliphatic heterocycles. The molecule has 3 rings (SSSR count). The fourth-order valence-electron chi connectivity index (χ4n) is 1.90. The maximum Gasteiger partial charge on any atom is 0.157 e. The van der Waals surface area contributed by atoms with Gasteiger partial charge in [-0.3, -0.25) is 0 Å². The summed E-state index contributed by atoms with van der Waals surface area (Å²) in [6.07, 6.45) is 4.72. The van der Waals surface area contributed by atoms with Crippen molar-refractivity contribution in [3.8, 4) is 0 Å². The number of alkyl halides is 1. The van der Waals surface area contributed by atoms with Crippen molar-refractivity contribution in [1.29, 1.82) is 0 Å². The molecule has 15 heavy (non-hydrogen) atoms. The third-order valence-corrected chi connectivity index (χ3v) is 3.05. The summed E-state index contributed by atoms with van der Waals surface area (Å²) in [5.74, 6) is 0.992. The number of nitrogens with zero attached hydrogens (tertiary/aromatic N) is 4. The summed E-state index contributed by atoms with van der Waals surface area (Å²) in [6, 6.07) is 3.88. The van der Waals surface area contributed by atoms with Crippen LogP contribution in [0.15, 0.2) is 24.5 Å². The third-order valence-electron chi connectivity index (χ3n) is 2.70. The lowest BCUT2D eigenvalue weighted by Crippen LogP contribution is -2.21. The minimum absolute atomic E-state index is 0.257. The second-order valence-corrected chi connectivity index (χ2v) is 4.37. The summed E-state index contributed by atoms with van der Waals surface area (Å²) in [4.78, 5) is 6.73. The van der Waals surface area contributed by atoms with E-state index in [9.17, 15) is 0 Å². The van der Waals surface area contributed by atoms with Crippen LogP contribution in [0.1, 0.15) is 6.42 Å². The Kier molecular flexibility index (Phi) is 2.02.